The van der Waals surface area contributed by atoms with Crippen LogP contribution in [0, 0.1) is 6.92 Å². The highest BCUT2D eigenvalue weighted by Gasteiger charge is 2.36. The highest BCUT2D eigenvalue weighted by Crippen LogP contribution is 2.46. The summed E-state index contributed by atoms with van der Waals surface area (Å²) >= 11 is 3.87. The molecular formula is C19H12F3N3OS3. The Morgan fingerprint density at radius 3 is 2.62 bits per heavy atom. The van der Waals surface area contributed by atoms with Crippen LogP contribution < -0.4 is 10.6 Å². The molecule has 0 spiro atoms. The first-order chi connectivity index (χ1) is 13.8. The third kappa shape index (κ3) is 3.11. The number of aryl methyl sites for hydroxylation is 1. The van der Waals surface area contributed by atoms with Gasteiger partial charge in [-0.3, -0.25) is 4.79 Å². The van der Waals surface area contributed by atoms with Crippen LogP contribution in [0.5, 0.6) is 0 Å². The fourth-order valence-electron chi connectivity index (χ4n) is 3.30. The van der Waals surface area contributed by atoms with Gasteiger partial charge in [0.25, 0.3) is 5.91 Å². The Balaban J connectivity index is 1.74. The van der Waals surface area contributed by atoms with E-state index in [2.05, 4.69) is 15.6 Å². The number of thiophene rings is 3. The topological polar surface area (TPSA) is 54.0 Å². The van der Waals surface area contributed by atoms with Gasteiger partial charge in [0.2, 0.25) is 0 Å². The van der Waals surface area contributed by atoms with Crippen molar-refractivity contribution < 1.29 is 18.0 Å². The Bertz CT molecular complexity index is 1240. The predicted molar refractivity (Wildman–Crippen MR) is 111 cm³/mol. The summed E-state index contributed by atoms with van der Waals surface area (Å²) in [7, 11) is 0. The second-order valence-corrected chi connectivity index (χ2v) is 9.78. The maximum atomic E-state index is 13.4. The average molecular weight is 452 g/mol. The molecule has 10 heteroatoms. The molecule has 0 aromatic carbocycles. The van der Waals surface area contributed by atoms with Crippen LogP contribution in [-0.4, -0.2) is 10.9 Å². The lowest BCUT2D eigenvalue weighted by Crippen LogP contribution is -2.37. The van der Waals surface area contributed by atoms with Crippen LogP contribution in [0.4, 0.5) is 18.9 Å². The minimum atomic E-state index is -4.57. The molecule has 4 nitrogen and oxygen atoms in total. The van der Waals surface area contributed by atoms with Crippen LogP contribution in [0.1, 0.15) is 31.3 Å². The van der Waals surface area contributed by atoms with Crippen LogP contribution in [0.25, 0.3) is 20.7 Å². The van der Waals surface area contributed by atoms with Crippen molar-refractivity contribution in [1.82, 2.24) is 10.3 Å². The van der Waals surface area contributed by atoms with Gasteiger partial charge in [-0.15, -0.1) is 34.0 Å². The van der Waals surface area contributed by atoms with E-state index < -0.39 is 18.0 Å². The maximum Gasteiger partial charge on any atom is 0.433 e. The number of anilines is 1. The summed E-state index contributed by atoms with van der Waals surface area (Å²) in [6.07, 6.45) is -5.01. The molecule has 0 saturated carbocycles. The number of amides is 1. The molecule has 1 aliphatic rings. The third-order valence-electron chi connectivity index (χ3n) is 4.56. The van der Waals surface area contributed by atoms with E-state index in [9.17, 15) is 18.0 Å². The number of nitrogens with one attached hydrogen (secondary N) is 2. The molecule has 5 rings (SSSR count). The van der Waals surface area contributed by atoms with E-state index in [1.165, 1.54) is 11.3 Å². The number of carbonyl (C=O) groups is 1. The second-order valence-electron chi connectivity index (χ2n) is 6.52. The van der Waals surface area contributed by atoms with Gasteiger partial charge in [0.05, 0.1) is 5.69 Å². The van der Waals surface area contributed by atoms with Gasteiger partial charge in [-0.1, -0.05) is 6.07 Å². The quantitative estimate of drug-likeness (QED) is 0.378. The molecule has 0 bridgehead atoms. The summed E-state index contributed by atoms with van der Waals surface area (Å²) in [6.45, 7) is 1.97. The Morgan fingerprint density at radius 2 is 1.97 bits per heavy atom. The molecule has 2 N–H and O–H groups in total. The molecular weight excluding hydrogens is 439 g/mol. The molecule has 148 valence electrons. The Kier molecular flexibility index (Phi) is 4.19. The molecule has 29 heavy (non-hydrogen) atoms. The standard InChI is InChI=1S/C19H12F3N3OS3/c1-8-4-5-11(28-8)16-24-14-13-9(10-3-2-6-27-10)7-12(19(20,21)22)23-18(13)29-15(14)17(26)25-16/h2-7,16,24H,1H3,(H,25,26). The molecule has 1 amide bonds. The molecule has 5 heterocycles. The SMILES string of the molecule is Cc1ccc(C2NC(=O)c3sc4nc(C(F)(F)F)cc(-c5cccs5)c4c3N2)s1. The minimum absolute atomic E-state index is 0.193. The van der Waals surface area contributed by atoms with Crippen molar-refractivity contribution in [3.8, 4) is 10.4 Å². The van der Waals surface area contributed by atoms with Crippen molar-refractivity contribution in [3.63, 3.8) is 0 Å². The summed E-state index contributed by atoms with van der Waals surface area (Å²) < 4.78 is 40.3. The highest BCUT2D eigenvalue weighted by molar-refractivity contribution is 7.21. The molecule has 4 aromatic rings. The zero-order valence-corrected chi connectivity index (χ0v) is 17.2. The first-order valence-electron chi connectivity index (χ1n) is 8.53. The van der Waals surface area contributed by atoms with Crippen LogP contribution >= 0.6 is 34.0 Å². The van der Waals surface area contributed by atoms with Gasteiger partial charge in [0, 0.05) is 25.6 Å². The van der Waals surface area contributed by atoms with Gasteiger partial charge in [-0.2, -0.15) is 13.2 Å². The third-order valence-corrected chi connectivity index (χ3v) is 7.61. The van der Waals surface area contributed by atoms with Gasteiger partial charge < -0.3 is 10.6 Å². The second kappa shape index (κ2) is 6.54. The molecule has 4 aromatic heterocycles. The van der Waals surface area contributed by atoms with Crippen molar-refractivity contribution in [2.75, 3.05) is 5.32 Å². The fourth-order valence-corrected chi connectivity index (χ4v) is 5.99. The van der Waals surface area contributed by atoms with Gasteiger partial charge >= 0.3 is 6.18 Å². The molecule has 1 atom stereocenters. The number of carbonyl (C=O) groups excluding carboxylic acids is 1. The van der Waals surface area contributed by atoms with Crippen LogP contribution in [0.3, 0.4) is 0 Å². The van der Waals surface area contributed by atoms with Crippen LogP contribution in [-0.2, 0) is 6.18 Å². The Morgan fingerprint density at radius 1 is 1.14 bits per heavy atom. The van der Waals surface area contributed by atoms with E-state index in [-0.39, 0.29) is 10.7 Å². The number of rotatable bonds is 2. The lowest BCUT2D eigenvalue weighted by atomic mass is 10.1. The summed E-state index contributed by atoms with van der Waals surface area (Å²) in [5, 5.41) is 8.56. The summed E-state index contributed by atoms with van der Waals surface area (Å²) in [5.41, 5.74) is 0.00500. The summed E-state index contributed by atoms with van der Waals surface area (Å²) in [5.74, 6) is -0.316. The number of hydrogen-bond acceptors (Lipinski definition) is 6. The Hall–Kier alpha value is -2.43. The first kappa shape index (κ1) is 18.6. The number of hydrogen-bond donors (Lipinski definition) is 2. The monoisotopic (exact) mass is 451 g/mol. The van der Waals surface area contributed by atoms with E-state index in [0.717, 1.165) is 27.2 Å². The van der Waals surface area contributed by atoms with E-state index in [4.69, 9.17) is 0 Å². The predicted octanol–water partition coefficient (Wildman–Crippen LogP) is 6.27. The number of nitrogens with zero attached hydrogens (tertiary/aromatic N) is 1. The van der Waals surface area contributed by atoms with Crippen molar-refractivity contribution in [3.05, 3.63) is 56.0 Å². The van der Waals surface area contributed by atoms with Gasteiger partial charge in [0.15, 0.2) is 0 Å². The molecule has 0 fully saturated rings. The largest absolute Gasteiger partial charge is 0.433 e. The van der Waals surface area contributed by atoms with Crippen molar-refractivity contribution >= 4 is 55.8 Å². The normalized spacial score (nSPS) is 16.6. The Labute approximate surface area is 175 Å². The lowest BCUT2D eigenvalue weighted by molar-refractivity contribution is -0.140. The number of pyridine rings is 1. The smallest absolute Gasteiger partial charge is 0.359 e. The number of halogens is 3. The zero-order valence-electron chi connectivity index (χ0n) is 14.8. The average Bonchev–Trinajstić information content (AvgIpc) is 3.39. The number of aromatic nitrogens is 1. The van der Waals surface area contributed by atoms with E-state index >= 15 is 0 Å². The van der Waals surface area contributed by atoms with Gasteiger partial charge in [0.1, 0.15) is 21.6 Å². The molecule has 0 aliphatic carbocycles. The lowest BCUT2D eigenvalue weighted by Gasteiger charge is -2.25. The summed E-state index contributed by atoms with van der Waals surface area (Å²) in [4.78, 5) is 19.8. The van der Waals surface area contributed by atoms with Crippen LogP contribution in [0.2, 0.25) is 0 Å². The number of alkyl halides is 3. The summed E-state index contributed by atoms with van der Waals surface area (Å²) in [6, 6.07) is 8.52. The van der Waals surface area contributed by atoms with Gasteiger partial charge in [-0.25, -0.2) is 4.98 Å². The van der Waals surface area contributed by atoms with Crippen molar-refractivity contribution in [2.45, 2.75) is 19.3 Å². The van der Waals surface area contributed by atoms with E-state index in [0.29, 0.717) is 26.4 Å². The highest BCUT2D eigenvalue weighted by atomic mass is 32.1. The first-order valence-corrected chi connectivity index (χ1v) is 11.0. The zero-order chi connectivity index (χ0) is 20.3. The maximum absolute atomic E-state index is 13.4. The van der Waals surface area contributed by atoms with Crippen LogP contribution in [0.15, 0.2) is 35.7 Å². The molecule has 0 saturated heterocycles. The molecule has 0 radical (unpaired) electrons. The van der Waals surface area contributed by atoms with Gasteiger partial charge in [-0.05, 0) is 36.6 Å². The molecule has 1 aliphatic heterocycles. The van der Waals surface area contributed by atoms with Crippen molar-refractivity contribution in [1.29, 1.82) is 0 Å². The van der Waals surface area contributed by atoms with Crippen molar-refractivity contribution in [2.24, 2.45) is 0 Å². The number of fused-ring (bicyclic) bond motifs is 3. The van der Waals surface area contributed by atoms with E-state index in [1.54, 1.807) is 23.5 Å². The fraction of sp³-hybridized carbons (Fsp3) is 0.158. The minimum Gasteiger partial charge on any atom is -0.359 e. The molecule has 1 unspecified atom stereocenters. The van der Waals surface area contributed by atoms with E-state index in [1.807, 2.05) is 24.4 Å².